The maximum atomic E-state index is 15.0. The number of unbranched alkanes of at least 4 members (excludes halogenated alkanes) is 1. The van der Waals surface area contributed by atoms with Crippen LogP contribution in [0.3, 0.4) is 0 Å². The lowest BCUT2D eigenvalue weighted by Crippen LogP contribution is -2.33. The molecule has 0 aromatic rings. The largest absolute Gasteiger partial charge is 0.488 e. The molecule has 1 saturated heterocycles. The van der Waals surface area contributed by atoms with Gasteiger partial charge >= 0.3 is 11.9 Å². The quantitative estimate of drug-likeness (QED) is 0.268. The summed E-state index contributed by atoms with van der Waals surface area (Å²) in [5.74, 6) is -0.208. The summed E-state index contributed by atoms with van der Waals surface area (Å²) in [4.78, 5) is 11.1. The molecule has 30 heavy (non-hydrogen) atoms. The predicted octanol–water partition coefficient (Wildman–Crippen LogP) is 3.60. The van der Waals surface area contributed by atoms with E-state index >= 15 is 8.78 Å². The summed E-state index contributed by atoms with van der Waals surface area (Å²) in [6, 6.07) is 0. The number of ether oxygens (including phenoxy) is 2. The molecular weight excluding hydrogens is 394 g/mol. The Morgan fingerprint density at radius 2 is 2.17 bits per heavy atom. The number of aliphatic hydroxyl groups excluding tert-OH is 2. The van der Waals surface area contributed by atoms with E-state index in [1.165, 1.54) is 25.3 Å². The van der Waals surface area contributed by atoms with Crippen LogP contribution in [0.2, 0.25) is 0 Å². The minimum atomic E-state index is -3.22. The van der Waals surface area contributed by atoms with Crippen molar-refractivity contribution < 1.29 is 33.3 Å². The predicted molar refractivity (Wildman–Crippen MR) is 108 cm³/mol. The molecule has 6 atom stereocenters. The molecule has 0 radical (unpaired) electrons. The molecule has 1 saturated carbocycles. The summed E-state index contributed by atoms with van der Waals surface area (Å²) < 4.78 is 40.0. The number of carbonyl (C=O) groups excluding carboxylic acids is 1. The molecule has 2 fully saturated rings. The van der Waals surface area contributed by atoms with Gasteiger partial charge in [-0.2, -0.15) is 8.78 Å². The first kappa shape index (κ1) is 24.4. The molecule has 1 heterocycles. The van der Waals surface area contributed by atoms with Crippen LogP contribution in [0.4, 0.5) is 8.78 Å². The fourth-order valence-corrected chi connectivity index (χ4v) is 3.96. The van der Waals surface area contributed by atoms with E-state index in [0.717, 1.165) is 6.42 Å². The first-order valence-electron chi connectivity index (χ1n) is 10.5. The van der Waals surface area contributed by atoms with Crippen molar-refractivity contribution in [1.82, 2.24) is 0 Å². The molecule has 2 rings (SSSR count). The molecule has 0 aromatic heterocycles. The monoisotopic (exact) mass is 426 g/mol. The van der Waals surface area contributed by atoms with Gasteiger partial charge in [0, 0.05) is 31.6 Å². The first-order chi connectivity index (χ1) is 14.2. The average molecular weight is 427 g/mol. The summed E-state index contributed by atoms with van der Waals surface area (Å²) in [5, 5.41) is 20.6. The van der Waals surface area contributed by atoms with Gasteiger partial charge in [0.15, 0.2) is 5.76 Å². The van der Waals surface area contributed by atoms with E-state index in [2.05, 4.69) is 16.6 Å². The lowest BCUT2D eigenvalue weighted by atomic mass is 9.87. The lowest BCUT2D eigenvalue weighted by Gasteiger charge is -2.23. The summed E-state index contributed by atoms with van der Waals surface area (Å²) in [5.41, 5.74) is 0. The van der Waals surface area contributed by atoms with Crippen molar-refractivity contribution in [3.63, 3.8) is 0 Å². The molecule has 2 N–H and O–H groups in total. The van der Waals surface area contributed by atoms with Gasteiger partial charge in [-0.15, -0.1) is 11.8 Å². The summed E-state index contributed by atoms with van der Waals surface area (Å²) >= 11 is 0. The molecule has 0 spiro atoms. The van der Waals surface area contributed by atoms with Crippen molar-refractivity contribution in [3.8, 4) is 11.8 Å². The van der Waals surface area contributed by atoms with Gasteiger partial charge in [0.1, 0.15) is 6.10 Å². The SMILES string of the molecule is CCC#CC[C@H](C)[C@H](O)C=C[C@@H]1[C@@H]2[C@H](C[C@H]1O)OC(=CCCCC(=O)OC)C2(F)F. The smallest absolute Gasteiger partial charge is 0.310 e. The number of methoxy groups -OCH3 is 1. The second-order valence-corrected chi connectivity index (χ2v) is 7.99. The second kappa shape index (κ2) is 10.9. The van der Waals surface area contributed by atoms with Crippen LogP contribution in [-0.2, 0) is 14.3 Å². The molecule has 1 aliphatic carbocycles. The summed E-state index contributed by atoms with van der Waals surface area (Å²) in [7, 11) is 1.28. The van der Waals surface area contributed by atoms with E-state index < -0.39 is 41.8 Å². The maximum absolute atomic E-state index is 15.0. The van der Waals surface area contributed by atoms with Crippen molar-refractivity contribution in [2.75, 3.05) is 7.11 Å². The van der Waals surface area contributed by atoms with E-state index in [4.69, 9.17) is 4.74 Å². The second-order valence-electron chi connectivity index (χ2n) is 7.99. The lowest BCUT2D eigenvalue weighted by molar-refractivity contribution is -0.140. The van der Waals surface area contributed by atoms with Gasteiger partial charge in [-0.25, -0.2) is 0 Å². The fraction of sp³-hybridized carbons (Fsp3) is 0.696. The molecule has 168 valence electrons. The number of halogens is 2. The number of allylic oxidation sites excluding steroid dienone is 2. The van der Waals surface area contributed by atoms with Gasteiger partial charge in [-0.05, 0) is 24.8 Å². The van der Waals surface area contributed by atoms with Gasteiger partial charge in [-0.1, -0.05) is 26.0 Å². The number of fused-ring (bicyclic) bond motifs is 1. The number of hydrogen-bond acceptors (Lipinski definition) is 5. The highest BCUT2D eigenvalue weighted by atomic mass is 19.3. The zero-order chi connectivity index (χ0) is 22.3. The van der Waals surface area contributed by atoms with Crippen molar-refractivity contribution in [1.29, 1.82) is 0 Å². The topological polar surface area (TPSA) is 76.0 Å². The highest BCUT2D eigenvalue weighted by molar-refractivity contribution is 5.69. The minimum absolute atomic E-state index is 0.113. The van der Waals surface area contributed by atoms with Crippen molar-refractivity contribution in [3.05, 3.63) is 24.0 Å². The van der Waals surface area contributed by atoms with Crippen molar-refractivity contribution in [2.45, 2.75) is 76.6 Å². The van der Waals surface area contributed by atoms with E-state index in [-0.39, 0.29) is 31.1 Å². The number of rotatable bonds is 8. The Kier molecular flexibility index (Phi) is 8.87. The molecule has 0 aromatic carbocycles. The molecule has 0 unspecified atom stereocenters. The maximum Gasteiger partial charge on any atom is 0.310 e. The summed E-state index contributed by atoms with van der Waals surface area (Å²) in [6.07, 6.45) is 3.95. The number of hydrogen-bond donors (Lipinski definition) is 2. The molecular formula is C23H32F2O5. The minimum Gasteiger partial charge on any atom is -0.488 e. The standard InChI is InChI=1S/C23H32F2O5/c1-4-5-6-9-15(2)17(26)13-12-16-18(27)14-19-22(16)23(24,25)20(30-19)10-7-8-11-21(28)29-3/h10,12-13,15-19,22,26-27H,4,7-9,11,14H2,1-3H3/t15-,16-,17+,18+,19-,22+/m0/s1. The van der Waals surface area contributed by atoms with Gasteiger partial charge in [0.05, 0.1) is 25.2 Å². The Morgan fingerprint density at radius 1 is 1.43 bits per heavy atom. The Bertz CT molecular complexity index is 706. The number of aliphatic hydroxyl groups is 2. The van der Waals surface area contributed by atoms with E-state index in [1.54, 1.807) is 0 Å². The third kappa shape index (κ3) is 5.83. The van der Waals surface area contributed by atoms with Gasteiger partial charge < -0.3 is 19.7 Å². The zero-order valence-corrected chi connectivity index (χ0v) is 17.8. The van der Waals surface area contributed by atoms with Crippen LogP contribution in [0.5, 0.6) is 0 Å². The van der Waals surface area contributed by atoms with Crippen LogP contribution >= 0.6 is 0 Å². The van der Waals surface area contributed by atoms with Gasteiger partial charge in [-0.3, -0.25) is 4.79 Å². The molecule has 1 aliphatic heterocycles. The number of alkyl halides is 2. The van der Waals surface area contributed by atoms with E-state index in [0.29, 0.717) is 12.8 Å². The zero-order valence-electron chi connectivity index (χ0n) is 17.8. The van der Waals surface area contributed by atoms with Gasteiger partial charge in [0.2, 0.25) is 0 Å². The third-order valence-corrected chi connectivity index (χ3v) is 5.74. The van der Waals surface area contributed by atoms with Crippen LogP contribution in [0.25, 0.3) is 0 Å². The normalized spacial score (nSPS) is 30.4. The van der Waals surface area contributed by atoms with Crippen molar-refractivity contribution >= 4 is 5.97 Å². The Labute approximate surface area is 177 Å². The van der Waals surface area contributed by atoms with Crippen LogP contribution in [0.15, 0.2) is 24.0 Å². The molecule has 7 heteroatoms. The first-order valence-corrected chi connectivity index (χ1v) is 10.5. The van der Waals surface area contributed by atoms with Gasteiger partial charge in [0.25, 0.3) is 0 Å². The molecule has 2 aliphatic rings. The highest BCUT2D eigenvalue weighted by Crippen LogP contribution is 2.54. The Hall–Kier alpha value is -1.91. The Morgan fingerprint density at radius 3 is 2.83 bits per heavy atom. The Balaban J connectivity index is 2.03. The third-order valence-electron chi connectivity index (χ3n) is 5.74. The van der Waals surface area contributed by atoms with Crippen LogP contribution < -0.4 is 0 Å². The van der Waals surface area contributed by atoms with Crippen LogP contribution in [0.1, 0.15) is 52.4 Å². The fourth-order valence-electron chi connectivity index (χ4n) is 3.96. The molecule has 5 nitrogen and oxygen atoms in total. The van der Waals surface area contributed by atoms with Crippen LogP contribution in [-0.4, -0.2) is 47.5 Å². The van der Waals surface area contributed by atoms with Crippen LogP contribution in [0, 0.1) is 29.6 Å². The number of carbonyl (C=O) groups is 1. The average Bonchev–Trinajstić information content (AvgIpc) is 3.15. The summed E-state index contributed by atoms with van der Waals surface area (Å²) in [6.45, 7) is 3.78. The van der Waals surface area contributed by atoms with E-state index in [9.17, 15) is 15.0 Å². The number of esters is 1. The molecule has 0 amide bonds. The van der Waals surface area contributed by atoms with E-state index in [1.807, 2.05) is 13.8 Å². The van der Waals surface area contributed by atoms with Crippen molar-refractivity contribution in [2.24, 2.45) is 17.8 Å². The molecule has 0 bridgehead atoms. The highest BCUT2D eigenvalue weighted by Gasteiger charge is 2.63.